The quantitative estimate of drug-likeness (QED) is 0.0770. The Kier molecular flexibility index (Phi) is 21.1. The van der Waals surface area contributed by atoms with Crippen molar-refractivity contribution < 1.29 is 36.5 Å². The number of aldehydes is 2. The van der Waals surface area contributed by atoms with Gasteiger partial charge in [-0.05, 0) is 174 Å². The summed E-state index contributed by atoms with van der Waals surface area (Å²) in [5.41, 5.74) is 17.2. The average molecular weight is 1380 g/mol. The molecule has 0 aliphatic carbocycles. The molecule has 3 aromatic carbocycles. The maximum Gasteiger partial charge on any atom is 0.494 e. The molecule has 0 saturated carbocycles. The fraction of sp³-hybridized carbons (Fsp3) is 0.274. The smallest absolute Gasteiger partial charge is 0.399 e. The highest BCUT2D eigenvalue weighted by Gasteiger charge is 2.51. The molecule has 3 saturated heterocycles. The number of likely N-dealkylation sites (tertiary alicyclic amines) is 1. The van der Waals surface area contributed by atoms with Crippen LogP contribution in [0, 0.1) is 20.8 Å². The molecule has 496 valence electrons. The number of halogens is 5. The van der Waals surface area contributed by atoms with Crippen LogP contribution in [0.25, 0.3) is 73.2 Å². The molecule has 24 heteroatoms. The lowest BCUT2D eigenvalue weighted by molar-refractivity contribution is -0.0661. The van der Waals surface area contributed by atoms with Crippen molar-refractivity contribution in [3.05, 3.63) is 221 Å². The molecule has 0 atom stereocenters. The van der Waals surface area contributed by atoms with E-state index in [1.807, 2.05) is 190 Å². The van der Waals surface area contributed by atoms with E-state index >= 15 is 0 Å². The zero-order valence-electron chi connectivity index (χ0n) is 54.8. The molecule has 12 aromatic rings. The third kappa shape index (κ3) is 17.2. The van der Waals surface area contributed by atoms with Crippen molar-refractivity contribution >= 4 is 58.0 Å². The Morgan fingerprint density at radius 2 is 0.948 bits per heavy atom. The lowest BCUT2D eigenvalue weighted by Gasteiger charge is -2.32. The number of fused-ring (bicyclic) bond motifs is 3. The van der Waals surface area contributed by atoms with Gasteiger partial charge in [-0.1, -0.05) is 72.8 Å². The van der Waals surface area contributed by atoms with Crippen LogP contribution in [0.5, 0.6) is 0 Å². The molecule has 15 rings (SSSR count). The number of carbonyl (C=O) groups excluding carboxylic acids is 2. The lowest BCUT2D eigenvalue weighted by atomic mass is 9.79. The minimum Gasteiger partial charge on any atom is -0.399 e. The number of nitrogens with zero attached hydrogens (tertiary/aromatic N) is 13. The van der Waals surface area contributed by atoms with Crippen LogP contribution in [0.4, 0.5) is 17.6 Å². The number of nitrogens with one attached hydrogen (secondary N) is 1. The monoisotopic (exact) mass is 1370 g/mol. The first-order chi connectivity index (χ1) is 46.5. The first-order valence-electron chi connectivity index (χ1n) is 31.7. The molecular formula is C73H72BBrF4N14O4. The molecule has 12 heterocycles. The predicted molar refractivity (Wildman–Crippen MR) is 371 cm³/mol. The Labute approximate surface area is 567 Å². The lowest BCUT2D eigenvalue weighted by Crippen LogP contribution is -2.41. The Hall–Kier alpha value is -9.59. The summed E-state index contributed by atoms with van der Waals surface area (Å²) < 4.78 is 69.7. The van der Waals surface area contributed by atoms with Gasteiger partial charge >= 0.3 is 7.12 Å². The average Bonchev–Trinajstić information content (AvgIpc) is 1.70. The van der Waals surface area contributed by atoms with Crippen molar-refractivity contribution in [2.75, 3.05) is 26.2 Å². The first-order valence-corrected chi connectivity index (χ1v) is 32.5. The second-order valence-corrected chi connectivity index (χ2v) is 25.8. The fourth-order valence-electron chi connectivity index (χ4n) is 11.1. The van der Waals surface area contributed by atoms with E-state index in [1.165, 1.54) is 0 Å². The number of alkyl halides is 4. The van der Waals surface area contributed by atoms with Crippen LogP contribution in [0.15, 0.2) is 187 Å². The highest BCUT2D eigenvalue weighted by atomic mass is 79.9. The second kappa shape index (κ2) is 29.8. The highest BCUT2D eigenvalue weighted by molar-refractivity contribution is 9.10. The molecule has 0 radical (unpaired) electrons. The largest absolute Gasteiger partial charge is 0.494 e. The van der Waals surface area contributed by atoms with E-state index in [2.05, 4.69) is 56.2 Å². The van der Waals surface area contributed by atoms with Crippen LogP contribution in [0.1, 0.15) is 96.7 Å². The SMILES string of the molecule is CC1(C)OB(c2ccc(C=O)cc2)OC1(C)C.Cc1cc(-c2ccc3ncc(-c4ccc(C=O)cc4)n3n2)ccn1.Cc1cc(-c2ccc3ncc(-c4ccc(CN5CCCC(F)(F)C5)cc4)n3n2)ccn1.Cc1cc(-c2ccc3ncc(Br)n3n2)ccn1.FC1(F)CCCNC1. The summed E-state index contributed by atoms with van der Waals surface area (Å²) >= 11 is 3.41. The van der Waals surface area contributed by atoms with Crippen molar-refractivity contribution in [1.82, 2.24) is 69.0 Å². The first kappa shape index (κ1) is 68.8. The van der Waals surface area contributed by atoms with Crippen LogP contribution in [0.2, 0.25) is 0 Å². The van der Waals surface area contributed by atoms with Crippen LogP contribution < -0.4 is 10.8 Å². The van der Waals surface area contributed by atoms with E-state index < -0.39 is 11.8 Å². The van der Waals surface area contributed by atoms with E-state index in [0.29, 0.717) is 37.1 Å². The maximum atomic E-state index is 13.7. The van der Waals surface area contributed by atoms with Gasteiger partial charge in [-0.15, -0.1) is 0 Å². The third-order valence-electron chi connectivity index (χ3n) is 17.0. The van der Waals surface area contributed by atoms with Gasteiger partial charge in [-0.3, -0.25) is 29.4 Å². The molecular weight excluding hydrogens is 1300 g/mol. The minimum absolute atomic E-state index is 0.00915. The zero-order chi connectivity index (χ0) is 68.5. The molecule has 0 unspecified atom stereocenters. The number of piperidine rings is 2. The Bertz CT molecular complexity index is 4680. The van der Waals surface area contributed by atoms with E-state index in [4.69, 9.17) is 19.5 Å². The van der Waals surface area contributed by atoms with E-state index in [9.17, 15) is 27.2 Å². The van der Waals surface area contributed by atoms with Gasteiger partial charge < -0.3 is 14.6 Å². The van der Waals surface area contributed by atoms with Crippen LogP contribution in [-0.2, 0) is 15.9 Å². The van der Waals surface area contributed by atoms with Crippen LogP contribution in [-0.4, -0.2) is 133 Å². The van der Waals surface area contributed by atoms with Gasteiger partial charge in [-0.25, -0.2) is 46.1 Å². The third-order valence-corrected chi connectivity index (χ3v) is 17.5. The van der Waals surface area contributed by atoms with Crippen molar-refractivity contribution in [2.45, 2.75) is 104 Å². The molecule has 3 aliphatic rings. The normalized spacial score (nSPS) is 16.0. The zero-order valence-corrected chi connectivity index (χ0v) is 56.3. The minimum atomic E-state index is -2.58. The Balaban J connectivity index is 0.000000130. The molecule has 1 N–H and O–H groups in total. The molecule has 9 aromatic heterocycles. The van der Waals surface area contributed by atoms with Gasteiger partial charge in [0.2, 0.25) is 0 Å². The number of imidazole rings is 3. The van der Waals surface area contributed by atoms with E-state index in [0.717, 1.165) is 125 Å². The predicted octanol–water partition coefficient (Wildman–Crippen LogP) is 14.2. The number of benzene rings is 3. The van der Waals surface area contributed by atoms with Gasteiger partial charge in [0.25, 0.3) is 11.8 Å². The number of hydrogen-bond donors (Lipinski definition) is 1. The summed E-state index contributed by atoms with van der Waals surface area (Å²) in [6, 6.07) is 46.2. The maximum absolute atomic E-state index is 13.7. The highest BCUT2D eigenvalue weighted by Crippen LogP contribution is 2.37. The number of pyridine rings is 3. The molecule has 0 amide bonds. The molecule has 18 nitrogen and oxygen atoms in total. The van der Waals surface area contributed by atoms with Gasteiger partial charge in [0.1, 0.15) is 17.2 Å². The summed E-state index contributed by atoms with van der Waals surface area (Å²) in [7, 11) is -0.360. The van der Waals surface area contributed by atoms with Gasteiger partial charge in [0, 0.05) is 94.0 Å². The molecule has 97 heavy (non-hydrogen) atoms. The number of aryl methyl sites for hydroxylation is 3. The molecule has 3 fully saturated rings. The van der Waals surface area contributed by atoms with Crippen LogP contribution in [0.3, 0.4) is 0 Å². The standard InChI is InChI=1S/C24H23F2N5.C19H14N4O.C13H17BO3.C12H9BrN4.C5H9F2N/c1-17-13-20(9-11-27-17)21-7-8-23-28-14-22(31(23)29-21)19-5-3-18(4-6-19)15-30-12-2-10-24(25,26)16-30;1-13-10-16(8-9-20-13)17-6-7-19-21-11-18(23(19)22-17)15-4-2-14(12-24)3-5-15;1-12(2)13(3,4)17-14(16-12)11-7-5-10(9-15)6-8-11;1-8-6-9(4-5-14-8)10-2-3-12-15-7-11(13)17(12)16-10;6-5(7)2-1-3-8-4-5/h3-9,11,13-14H,2,10,12,15-16H2,1H3;2-12H,1H3;5-9H,1-4H3;2-7H,1H3;8H,1-4H2. The summed E-state index contributed by atoms with van der Waals surface area (Å²) in [5.74, 6) is -5.01. The van der Waals surface area contributed by atoms with Crippen molar-refractivity contribution in [3.63, 3.8) is 0 Å². The summed E-state index contributed by atoms with van der Waals surface area (Å²) in [6.45, 7) is 15.7. The number of rotatable bonds is 10. The van der Waals surface area contributed by atoms with Crippen molar-refractivity contribution in [2.24, 2.45) is 0 Å². The summed E-state index contributed by atoms with van der Waals surface area (Å²) in [6.07, 6.45) is 13.5. The summed E-state index contributed by atoms with van der Waals surface area (Å²) in [4.78, 5) is 49.0. The molecule has 3 aliphatic heterocycles. The van der Waals surface area contributed by atoms with E-state index in [-0.39, 0.29) is 44.3 Å². The Morgan fingerprint density at radius 1 is 0.515 bits per heavy atom. The summed E-state index contributed by atoms with van der Waals surface area (Å²) in [5, 5.41) is 16.7. The van der Waals surface area contributed by atoms with E-state index in [1.54, 1.807) is 59.8 Å². The van der Waals surface area contributed by atoms with Crippen LogP contribution >= 0.6 is 15.9 Å². The van der Waals surface area contributed by atoms with Crippen molar-refractivity contribution in [3.8, 4) is 56.3 Å². The second-order valence-electron chi connectivity index (χ2n) is 25.0. The number of aromatic nitrogens is 12. The fourth-order valence-corrected chi connectivity index (χ4v) is 11.4. The van der Waals surface area contributed by atoms with Gasteiger partial charge in [-0.2, -0.15) is 15.3 Å². The van der Waals surface area contributed by atoms with Gasteiger partial charge in [0.05, 0.1) is 71.4 Å². The number of carbonyl (C=O) groups is 2. The molecule has 0 bridgehead atoms. The number of hydrogen-bond acceptors (Lipinski definition) is 15. The molecule has 0 spiro atoms. The van der Waals surface area contributed by atoms with Gasteiger partial charge in [0.15, 0.2) is 16.9 Å². The Morgan fingerprint density at radius 3 is 1.37 bits per heavy atom. The van der Waals surface area contributed by atoms with Crippen molar-refractivity contribution in [1.29, 1.82) is 0 Å². The topological polar surface area (TPSA) is 197 Å².